The third kappa shape index (κ3) is 3.72. The van der Waals surface area contributed by atoms with Gasteiger partial charge in [-0.15, -0.1) is 0 Å². The average Bonchev–Trinajstić information content (AvgIpc) is 2.27. The van der Waals surface area contributed by atoms with Crippen LogP contribution in [0.2, 0.25) is 0 Å². The quantitative estimate of drug-likeness (QED) is 0.703. The predicted molar refractivity (Wildman–Crippen MR) is 62.1 cm³/mol. The zero-order chi connectivity index (χ0) is 13.0. The Kier molecular flexibility index (Phi) is 4.48. The van der Waals surface area contributed by atoms with Gasteiger partial charge in [0.25, 0.3) is 0 Å². The van der Waals surface area contributed by atoms with E-state index in [1.807, 2.05) is 0 Å². The maximum atomic E-state index is 11.9. The highest BCUT2D eigenvalue weighted by atomic mass is 16.2. The molecule has 1 saturated heterocycles. The summed E-state index contributed by atoms with van der Waals surface area (Å²) in [6, 6.07) is -0.476. The second-order valence-corrected chi connectivity index (χ2v) is 4.49. The number of rotatable bonds is 3. The molecule has 0 aromatic carbocycles. The molecule has 1 heterocycles. The van der Waals surface area contributed by atoms with Gasteiger partial charge in [-0.1, -0.05) is 0 Å². The summed E-state index contributed by atoms with van der Waals surface area (Å²) in [6.45, 7) is 0.0399. The zero-order valence-corrected chi connectivity index (χ0v) is 10.5. The van der Waals surface area contributed by atoms with Crippen LogP contribution in [0.3, 0.4) is 0 Å². The topological polar surface area (TPSA) is 69.7 Å². The molecule has 1 N–H and O–H groups in total. The highest BCUT2D eigenvalue weighted by Crippen LogP contribution is 2.10. The molecule has 0 saturated carbocycles. The molecule has 3 amide bonds. The summed E-state index contributed by atoms with van der Waals surface area (Å²) in [4.78, 5) is 37.4. The van der Waals surface area contributed by atoms with Crippen LogP contribution in [0.4, 0.5) is 0 Å². The number of hydrogen-bond acceptors (Lipinski definition) is 3. The van der Waals surface area contributed by atoms with Crippen LogP contribution < -0.4 is 5.32 Å². The van der Waals surface area contributed by atoms with Crippen LogP contribution in [0.25, 0.3) is 0 Å². The molecular weight excluding hydrogens is 222 g/mol. The monoisotopic (exact) mass is 241 g/mol. The van der Waals surface area contributed by atoms with Crippen molar-refractivity contribution in [3.63, 3.8) is 0 Å². The molecule has 0 radical (unpaired) electrons. The second-order valence-electron chi connectivity index (χ2n) is 4.49. The Labute approximate surface area is 101 Å². The Morgan fingerprint density at radius 1 is 1.35 bits per heavy atom. The minimum Gasteiger partial charge on any atom is -0.347 e. The molecule has 0 aromatic rings. The normalized spacial score (nSPS) is 19.5. The zero-order valence-electron chi connectivity index (χ0n) is 10.5. The van der Waals surface area contributed by atoms with Crippen molar-refractivity contribution in [1.82, 2.24) is 15.1 Å². The minimum absolute atomic E-state index is 0.0399. The van der Waals surface area contributed by atoms with E-state index in [0.29, 0.717) is 12.8 Å². The first-order valence-electron chi connectivity index (χ1n) is 5.66. The summed E-state index contributed by atoms with van der Waals surface area (Å²) in [5.74, 6) is -0.432. The molecule has 0 aliphatic carbocycles. The first-order valence-corrected chi connectivity index (χ1v) is 5.66. The van der Waals surface area contributed by atoms with Crippen LogP contribution in [0.1, 0.15) is 19.3 Å². The van der Waals surface area contributed by atoms with Crippen LogP contribution in [0.5, 0.6) is 0 Å². The Morgan fingerprint density at radius 2 is 2.00 bits per heavy atom. The van der Waals surface area contributed by atoms with E-state index < -0.39 is 6.04 Å². The van der Waals surface area contributed by atoms with Crippen molar-refractivity contribution in [1.29, 1.82) is 0 Å². The minimum atomic E-state index is -0.476. The number of carbonyl (C=O) groups is 3. The molecule has 0 aromatic heterocycles. The molecule has 1 aliphatic rings. The van der Waals surface area contributed by atoms with Crippen molar-refractivity contribution in [2.45, 2.75) is 25.3 Å². The van der Waals surface area contributed by atoms with Crippen LogP contribution in [-0.4, -0.2) is 61.3 Å². The molecule has 0 spiro atoms. The third-order valence-corrected chi connectivity index (χ3v) is 2.78. The van der Waals surface area contributed by atoms with Gasteiger partial charge in [-0.3, -0.25) is 14.4 Å². The van der Waals surface area contributed by atoms with E-state index in [0.717, 1.165) is 6.42 Å². The fourth-order valence-electron chi connectivity index (χ4n) is 1.68. The van der Waals surface area contributed by atoms with Gasteiger partial charge in [0.2, 0.25) is 17.7 Å². The third-order valence-electron chi connectivity index (χ3n) is 2.78. The number of carbonyl (C=O) groups excluding carboxylic acids is 3. The van der Waals surface area contributed by atoms with Gasteiger partial charge >= 0.3 is 0 Å². The summed E-state index contributed by atoms with van der Waals surface area (Å²) in [7, 11) is 4.86. The highest BCUT2D eigenvalue weighted by Gasteiger charge is 2.27. The Hall–Kier alpha value is -1.59. The summed E-state index contributed by atoms with van der Waals surface area (Å²) in [5.41, 5.74) is 0. The lowest BCUT2D eigenvalue weighted by Crippen LogP contribution is -2.51. The van der Waals surface area contributed by atoms with Gasteiger partial charge in [0.15, 0.2) is 0 Å². The number of hydrogen-bond donors (Lipinski definition) is 1. The standard InChI is InChI=1S/C11H19N3O3/c1-13(2)10(16)7-14(3)11(17)8-5-4-6-9(15)12-8/h8H,4-7H2,1-3H3,(H,12,15)/t8-/m1/s1. The van der Waals surface area contributed by atoms with E-state index in [2.05, 4.69) is 5.32 Å². The number of likely N-dealkylation sites (N-methyl/N-ethyl adjacent to an activating group) is 2. The maximum absolute atomic E-state index is 11.9. The van der Waals surface area contributed by atoms with Crippen LogP contribution in [0.15, 0.2) is 0 Å². The molecular formula is C11H19N3O3. The molecule has 0 unspecified atom stereocenters. The van der Waals surface area contributed by atoms with Crippen LogP contribution in [-0.2, 0) is 14.4 Å². The largest absolute Gasteiger partial charge is 0.347 e. The Morgan fingerprint density at radius 3 is 2.53 bits per heavy atom. The Balaban J connectivity index is 2.51. The molecule has 1 aliphatic heterocycles. The lowest BCUT2D eigenvalue weighted by atomic mass is 10.0. The van der Waals surface area contributed by atoms with E-state index in [1.165, 1.54) is 9.80 Å². The molecule has 96 valence electrons. The SMILES string of the molecule is CN(C)C(=O)CN(C)C(=O)[C@H]1CCCC(=O)N1. The van der Waals surface area contributed by atoms with Gasteiger partial charge in [-0.25, -0.2) is 0 Å². The smallest absolute Gasteiger partial charge is 0.245 e. The number of piperidine rings is 1. The molecule has 1 rings (SSSR count). The van der Waals surface area contributed by atoms with Crippen molar-refractivity contribution in [2.24, 2.45) is 0 Å². The molecule has 6 nitrogen and oxygen atoms in total. The second kappa shape index (κ2) is 5.65. The van der Waals surface area contributed by atoms with Gasteiger partial charge < -0.3 is 15.1 Å². The summed E-state index contributed by atoms with van der Waals surface area (Å²) in [5, 5.41) is 2.64. The van der Waals surface area contributed by atoms with Gasteiger partial charge in [0.1, 0.15) is 6.04 Å². The van der Waals surface area contributed by atoms with E-state index in [-0.39, 0.29) is 24.3 Å². The van der Waals surface area contributed by atoms with Gasteiger partial charge in [0.05, 0.1) is 6.54 Å². The van der Waals surface area contributed by atoms with E-state index in [1.54, 1.807) is 21.1 Å². The lowest BCUT2D eigenvalue weighted by Gasteiger charge is -2.27. The summed E-state index contributed by atoms with van der Waals surface area (Å²) >= 11 is 0. The summed E-state index contributed by atoms with van der Waals surface area (Å²) in [6.07, 6.45) is 1.84. The predicted octanol–water partition coefficient (Wildman–Crippen LogP) is -0.798. The fourth-order valence-corrected chi connectivity index (χ4v) is 1.68. The molecule has 1 fully saturated rings. The highest BCUT2D eigenvalue weighted by molar-refractivity contribution is 5.91. The van der Waals surface area contributed by atoms with Gasteiger partial charge in [-0.05, 0) is 12.8 Å². The molecule has 6 heteroatoms. The molecule has 17 heavy (non-hydrogen) atoms. The van der Waals surface area contributed by atoms with Crippen LogP contribution in [0, 0.1) is 0 Å². The lowest BCUT2D eigenvalue weighted by molar-refractivity contribution is -0.141. The van der Waals surface area contributed by atoms with Crippen molar-refractivity contribution in [3.05, 3.63) is 0 Å². The summed E-state index contributed by atoms with van der Waals surface area (Å²) < 4.78 is 0. The number of amides is 3. The molecule has 1 atom stereocenters. The van der Waals surface area contributed by atoms with Crippen molar-refractivity contribution in [2.75, 3.05) is 27.7 Å². The van der Waals surface area contributed by atoms with Crippen molar-refractivity contribution < 1.29 is 14.4 Å². The van der Waals surface area contributed by atoms with Gasteiger partial charge in [-0.2, -0.15) is 0 Å². The van der Waals surface area contributed by atoms with Crippen LogP contribution >= 0.6 is 0 Å². The molecule has 0 bridgehead atoms. The fraction of sp³-hybridized carbons (Fsp3) is 0.727. The van der Waals surface area contributed by atoms with E-state index in [4.69, 9.17) is 0 Å². The first-order chi connectivity index (χ1) is 7.91. The van der Waals surface area contributed by atoms with Gasteiger partial charge in [0, 0.05) is 27.6 Å². The number of nitrogens with zero attached hydrogens (tertiary/aromatic N) is 2. The van der Waals surface area contributed by atoms with Crippen molar-refractivity contribution >= 4 is 17.7 Å². The number of nitrogens with one attached hydrogen (secondary N) is 1. The average molecular weight is 241 g/mol. The first kappa shape index (κ1) is 13.5. The van der Waals surface area contributed by atoms with E-state index >= 15 is 0 Å². The maximum Gasteiger partial charge on any atom is 0.245 e. The van der Waals surface area contributed by atoms with Crippen molar-refractivity contribution in [3.8, 4) is 0 Å². The van der Waals surface area contributed by atoms with E-state index in [9.17, 15) is 14.4 Å². The Bertz CT molecular complexity index is 328.